The van der Waals surface area contributed by atoms with E-state index < -0.39 is 0 Å². The van der Waals surface area contributed by atoms with Crippen LogP contribution in [0.2, 0.25) is 0 Å². The number of nitrogens with zero attached hydrogens (tertiary/aromatic N) is 2. The minimum Gasteiger partial charge on any atom is -0.268 e. The maximum atomic E-state index is 11.9. The first-order valence-corrected chi connectivity index (χ1v) is 6.58. The van der Waals surface area contributed by atoms with Gasteiger partial charge in [0, 0.05) is 24.8 Å². The molecule has 0 saturated heterocycles. The fraction of sp³-hybridized carbons (Fsp3) is 0.467. The van der Waals surface area contributed by atoms with E-state index in [1.54, 1.807) is 13.3 Å². The molecule has 4 heteroatoms. The maximum absolute atomic E-state index is 11.9. The van der Waals surface area contributed by atoms with Crippen LogP contribution in [0.1, 0.15) is 34.1 Å². The minimum absolute atomic E-state index is 0.126. The highest BCUT2D eigenvalue weighted by Crippen LogP contribution is 2.01. The van der Waals surface area contributed by atoms with Crippen LogP contribution < -0.4 is 5.43 Å². The molecular weight excluding hydrogens is 238 g/mol. The number of hydrazone groups is 1. The molecule has 0 heterocycles. The lowest BCUT2D eigenvalue weighted by Crippen LogP contribution is -2.36. The lowest BCUT2D eigenvalue weighted by Gasteiger charge is -2.15. The van der Waals surface area contributed by atoms with Crippen molar-refractivity contribution >= 4 is 12.1 Å². The molecule has 0 aliphatic rings. The van der Waals surface area contributed by atoms with Crippen molar-refractivity contribution in [3.63, 3.8) is 0 Å². The van der Waals surface area contributed by atoms with E-state index in [2.05, 4.69) is 10.5 Å². The molecule has 0 fully saturated rings. The van der Waals surface area contributed by atoms with Gasteiger partial charge in [0.1, 0.15) is 0 Å². The zero-order valence-electron chi connectivity index (χ0n) is 12.6. The molecule has 0 aliphatic carbocycles. The molecule has 4 nitrogen and oxygen atoms in total. The van der Waals surface area contributed by atoms with Crippen molar-refractivity contribution in [2.45, 2.75) is 34.1 Å². The SMILES string of the molecule is C/C=C\C=C(/CC)C(=O)NN(C)/N=C\C(C)/C=C\C. The quantitative estimate of drug-likeness (QED) is 0.252. The Balaban J connectivity index is 4.47. The van der Waals surface area contributed by atoms with E-state index >= 15 is 0 Å². The van der Waals surface area contributed by atoms with Gasteiger partial charge in [-0.25, -0.2) is 10.5 Å². The summed E-state index contributed by atoms with van der Waals surface area (Å²) in [4.78, 5) is 11.9. The summed E-state index contributed by atoms with van der Waals surface area (Å²) < 4.78 is 0. The largest absolute Gasteiger partial charge is 0.268 e. The Kier molecular flexibility index (Phi) is 9.14. The average Bonchev–Trinajstić information content (AvgIpc) is 2.37. The highest BCUT2D eigenvalue weighted by atomic mass is 16.2. The van der Waals surface area contributed by atoms with Gasteiger partial charge in [-0.1, -0.05) is 44.2 Å². The predicted molar refractivity (Wildman–Crippen MR) is 81.6 cm³/mol. The number of allylic oxidation sites excluding steroid dienone is 5. The second kappa shape index (κ2) is 10.1. The molecule has 1 amide bonds. The topological polar surface area (TPSA) is 44.7 Å². The fourth-order valence-electron chi connectivity index (χ4n) is 1.37. The molecule has 0 aliphatic heterocycles. The number of nitrogens with one attached hydrogen (secondary N) is 1. The molecule has 1 N–H and O–H groups in total. The van der Waals surface area contributed by atoms with E-state index in [9.17, 15) is 4.79 Å². The Bertz CT molecular complexity index is 381. The van der Waals surface area contributed by atoms with Crippen molar-refractivity contribution in [2.24, 2.45) is 11.0 Å². The van der Waals surface area contributed by atoms with Gasteiger partial charge in [-0.3, -0.25) is 4.79 Å². The molecule has 0 radical (unpaired) electrons. The lowest BCUT2D eigenvalue weighted by atomic mass is 10.2. The maximum Gasteiger partial charge on any atom is 0.266 e. The van der Waals surface area contributed by atoms with Crippen LogP contribution in [0.25, 0.3) is 0 Å². The number of carbonyl (C=O) groups is 1. The molecule has 1 atom stereocenters. The first kappa shape index (κ1) is 17.2. The summed E-state index contributed by atoms with van der Waals surface area (Å²) in [5.41, 5.74) is 3.43. The van der Waals surface area contributed by atoms with Gasteiger partial charge in [-0.15, -0.1) is 0 Å². The summed E-state index contributed by atoms with van der Waals surface area (Å²) in [6.07, 6.45) is 12.0. The van der Waals surface area contributed by atoms with Crippen LogP contribution in [0.15, 0.2) is 41.1 Å². The molecule has 19 heavy (non-hydrogen) atoms. The van der Waals surface area contributed by atoms with Gasteiger partial charge in [0.05, 0.1) is 0 Å². The van der Waals surface area contributed by atoms with Gasteiger partial charge in [0.25, 0.3) is 5.91 Å². The Morgan fingerprint density at radius 1 is 1.37 bits per heavy atom. The number of hydrazine groups is 1. The van der Waals surface area contributed by atoms with Crippen molar-refractivity contribution in [3.05, 3.63) is 36.0 Å². The van der Waals surface area contributed by atoms with E-state index in [0.717, 1.165) is 5.57 Å². The molecule has 0 saturated carbocycles. The molecular formula is C15H25N3O. The third-order valence-electron chi connectivity index (χ3n) is 2.40. The van der Waals surface area contributed by atoms with Crippen LogP contribution in [0.5, 0.6) is 0 Å². The first-order valence-electron chi connectivity index (χ1n) is 6.58. The van der Waals surface area contributed by atoms with Crippen molar-refractivity contribution < 1.29 is 4.79 Å². The Morgan fingerprint density at radius 2 is 2.05 bits per heavy atom. The van der Waals surface area contributed by atoms with Crippen molar-refractivity contribution in [1.29, 1.82) is 0 Å². The second-order valence-electron chi connectivity index (χ2n) is 4.19. The van der Waals surface area contributed by atoms with E-state index in [-0.39, 0.29) is 11.8 Å². The van der Waals surface area contributed by atoms with E-state index in [4.69, 9.17) is 0 Å². The van der Waals surface area contributed by atoms with Gasteiger partial charge in [0.15, 0.2) is 0 Å². The summed E-state index contributed by atoms with van der Waals surface area (Å²) in [5.74, 6) is 0.118. The first-order chi connectivity index (χ1) is 9.04. The number of hydrogen-bond acceptors (Lipinski definition) is 3. The average molecular weight is 263 g/mol. The third kappa shape index (κ3) is 7.97. The number of rotatable bonds is 7. The summed E-state index contributed by atoms with van der Waals surface area (Å²) in [5, 5.41) is 5.59. The zero-order valence-corrected chi connectivity index (χ0v) is 12.6. The summed E-state index contributed by atoms with van der Waals surface area (Å²) >= 11 is 0. The third-order valence-corrected chi connectivity index (χ3v) is 2.40. The van der Waals surface area contributed by atoms with E-state index in [1.807, 2.05) is 58.1 Å². The molecule has 0 bridgehead atoms. The summed E-state index contributed by atoms with van der Waals surface area (Å²) in [6, 6.07) is 0. The van der Waals surface area contributed by atoms with Crippen molar-refractivity contribution in [1.82, 2.24) is 10.5 Å². The molecule has 0 aromatic carbocycles. The van der Waals surface area contributed by atoms with Crippen LogP contribution in [0, 0.1) is 5.92 Å². The number of amides is 1. The number of carbonyl (C=O) groups excluding carboxylic acids is 1. The lowest BCUT2D eigenvalue weighted by molar-refractivity contribution is -0.121. The van der Waals surface area contributed by atoms with Crippen LogP contribution in [-0.4, -0.2) is 24.3 Å². The minimum atomic E-state index is -0.126. The molecule has 1 unspecified atom stereocenters. The fourth-order valence-corrected chi connectivity index (χ4v) is 1.37. The van der Waals surface area contributed by atoms with Crippen LogP contribution in [0.3, 0.4) is 0 Å². The smallest absolute Gasteiger partial charge is 0.266 e. The van der Waals surface area contributed by atoms with Gasteiger partial charge in [0.2, 0.25) is 0 Å². The molecule has 0 aromatic rings. The van der Waals surface area contributed by atoms with Crippen LogP contribution in [-0.2, 0) is 4.79 Å². The zero-order chi connectivity index (χ0) is 14.7. The van der Waals surface area contributed by atoms with E-state index in [1.165, 1.54) is 5.12 Å². The van der Waals surface area contributed by atoms with Gasteiger partial charge in [-0.2, -0.15) is 5.10 Å². The Hall–Kier alpha value is -1.84. The van der Waals surface area contributed by atoms with E-state index in [0.29, 0.717) is 6.42 Å². The molecule has 0 spiro atoms. The normalized spacial score (nSPS) is 14.5. The standard InChI is InChI=1S/C15H25N3O/c1-6-9-11-14(8-3)15(19)17-18(5)16-12-13(4)10-7-2/h6-7,9-13H,8H2,1-5H3,(H,17,19)/b9-6-,10-7-,14-11+,16-12-. The predicted octanol–water partition coefficient (Wildman–Crippen LogP) is 3.06. The summed E-state index contributed by atoms with van der Waals surface area (Å²) in [6.45, 7) is 7.87. The van der Waals surface area contributed by atoms with Gasteiger partial charge in [-0.05, 0) is 20.3 Å². The highest BCUT2D eigenvalue weighted by Gasteiger charge is 2.07. The van der Waals surface area contributed by atoms with Gasteiger partial charge < -0.3 is 0 Å². The van der Waals surface area contributed by atoms with Crippen molar-refractivity contribution in [2.75, 3.05) is 7.05 Å². The van der Waals surface area contributed by atoms with Crippen LogP contribution in [0.4, 0.5) is 0 Å². The molecule has 0 aromatic heterocycles. The Morgan fingerprint density at radius 3 is 2.58 bits per heavy atom. The molecule has 0 rings (SSSR count). The van der Waals surface area contributed by atoms with Crippen molar-refractivity contribution in [3.8, 4) is 0 Å². The van der Waals surface area contributed by atoms with Crippen LogP contribution >= 0.6 is 0 Å². The highest BCUT2D eigenvalue weighted by molar-refractivity contribution is 5.93. The van der Waals surface area contributed by atoms with Gasteiger partial charge >= 0.3 is 0 Å². The monoisotopic (exact) mass is 263 g/mol. The Labute approximate surface area is 116 Å². The summed E-state index contributed by atoms with van der Waals surface area (Å²) in [7, 11) is 1.71. The second-order valence-corrected chi connectivity index (χ2v) is 4.19. The molecule has 106 valence electrons. The number of hydrogen-bond donors (Lipinski definition) is 1.